The van der Waals surface area contributed by atoms with E-state index in [2.05, 4.69) is 30.0 Å². The van der Waals surface area contributed by atoms with Gasteiger partial charge in [0.05, 0.1) is 12.2 Å². The lowest BCUT2D eigenvalue weighted by Crippen LogP contribution is -2.04. The second-order valence-electron chi connectivity index (χ2n) is 3.70. The lowest BCUT2D eigenvalue weighted by molar-refractivity contribution is 0.784. The van der Waals surface area contributed by atoms with Crippen LogP contribution in [0.4, 0.5) is 0 Å². The number of nitrogens with zero attached hydrogens (tertiary/aromatic N) is 3. The average molecular weight is 216 g/mol. The molecule has 0 bridgehead atoms. The Labute approximate surface area is 95.1 Å². The molecule has 16 heavy (non-hydrogen) atoms. The number of aryl methyl sites for hydroxylation is 2. The molecule has 4 heteroatoms. The molecule has 4 nitrogen and oxygen atoms in total. The summed E-state index contributed by atoms with van der Waals surface area (Å²) in [5, 5.41) is 4.41. The third kappa shape index (κ3) is 1.84. The largest absolute Gasteiger partial charge is 0.324 e. The Morgan fingerprint density at radius 1 is 1.31 bits per heavy atom. The van der Waals surface area contributed by atoms with Gasteiger partial charge in [0.1, 0.15) is 5.82 Å². The van der Waals surface area contributed by atoms with Crippen molar-refractivity contribution in [1.82, 2.24) is 14.8 Å². The van der Waals surface area contributed by atoms with E-state index in [4.69, 9.17) is 5.73 Å². The minimum Gasteiger partial charge on any atom is -0.324 e. The fraction of sp³-hybridized carbons (Fsp3) is 0.333. The van der Waals surface area contributed by atoms with Gasteiger partial charge in [-0.15, -0.1) is 5.10 Å². The smallest absolute Gasteiger partial charge is 0.164 e. The molecular formula is C12H16N4. The van der Waals surface area contributed by atoms with E-state index in [-0.39, 0.29) is 0 Å². The van der Waals surface area contributed by atoms with Gasteiger partial charge in [0.2, 0.25) is 0 Å². The van der Waals surface area contributed by atoms with E-state index in [0.717, 1.165) is 17.9 Å². The molecule has 0 fully saturated rings. The van der Waals surface area contributed by atoms with E-state index in [0.29, 0.717) is 12.4 Å². The fourth-order valence-corrected chi connectivity index (χ4v) is 1.70. The van der Waals surface area contributed by atoms with Crippen LogP contribution in [0.3, 0.4) is 0 Å². The summed E-state index contributed by atoms with van der Waals surface area (Å²) in [6.45, 7) is 4.52. The van der Waals surface area contributed by atoms with E-state index < -0.39 is 0 Å². The van der Waals surface area contributed by atoms with Crippen molar-refractivity contribution in [1.29, 1.82) is 0 Å². The third-order valence-corrected chi connectivity index (χ3v) is 2.56. The number of benzene rings is 1. The zero-order valence-electron chi connectivity index (χ0n) is 9.64. The summed E-state index contributed by atoms with van der Waals surface area (Å²) in [4.78, 5) is 4.39. The molecule has 0 spiro atoms. The number of aromatic nitrogens is 3. The van der Waals surface area contributed by atoms with Crippen molar-refractivity contribution in [3.8, 4) is 5.69 Å². The summed E-state index contributed by atoms with van der Waals surface area (Å²) >= 11 is 0. The van der Waals surface area contributed by atoms with Crippen molar-refractivity contribution in [2.75, 3.05) is 0 Å². The van der Waals surface area contributed by atoms with Crippen molar-refractivity contribution in [2.45, 2.75) is 26.8 Å². The summed E-state index contributed by atoms with van der Waals surface area (Å²) in [5.74, 6) is 1.65. The summed E-state index contributed by atoms with van der Waals surface area (Å²) in [5.41, 5.74) is 7.83. The average Bonchev–Trinajstić information content (AvgIpc) is 2.72. The molecule has 2 rings (SSSR count). The monoisotopic (exact) mass is 216 g/mol. The van der Waals surface area contributed by atoms with Gasteiger partial charge in [0.15, 0.2) is 5.82 Å². The minimum atomic E-state index is 0.381. The Kier molecular flexibility index (Phi) is 3.01. The zero-order valence-corrected chi connectivity index (χ0v) is 9.64. The molecule has 0 radical (unpaired) electrons. The molecule has 1 heterocycles. The van der Waals surface area contributed by atoms with Crippen LogP contribution in [-0.4, -0.2) is 14.8 Å². The highest BCUT2D eigenvalue weighted by Crippen LogP contribution is 2.14. The first-order valence-electron chi connectivity index (χ1n) is 5.47. The quantitative estimate of drug-likeness (QED) is 0.847. The third-order valence-electron chi connectivity index (χ3n) is 2.56. The maximum atomic E-state index is 5.56. The molecule has 2 N–H and O–H groups in total. The molecule has 0 saturated heterocycles. The highest BCUT2D eigenvalue weighted by atomic mass is 15.4. The van der Waals surface area contributed by atoms with Gasteiger partial charge in [0, 0.05) is 6.42 Å². The Balaban J connectivity index is 2.54. The Morgan fingerprint density at radius 3 is 2.69 bits per heavy atom. The van der Waals surface area contributed by atoms with Crippen molar-refractivity contribution < 1.29 is 0 Å². The first-order valence-corrected chi connectivity index (χ1v) is 5.47. The first kappa shape index (κ1) is 10.8. The van der Waals surface area contributed by atoms with Crippen molar-refractivity contribution in [3.05, 3.63) is 41.5 Å². The molecule has 0 aliphatic heterocycles. The summed E-state index contributed by atoms with van der Waals surface area (Å²) in [6, 6.07) is 8.14. The van der Waals surface area contributed by atoms with Gasteiger partial charge in [-0.1, -0.05) is 25.1 Å². The van der Waals surface area contributed by atoms with Crippen molar-refractivity contribution >= 4 is 0 Å². The molecule has 1 aromatic carbocycles. The van der Waals surface area contributed by atoms with Gasteiger partial charge in [-0.05, 0) is 18.6 Å². The first-order chi connectivity index (χ1) is 7.76. The van der Waals surface area contributed by atoms with Crippen LogP contribution in [-0.2, 0) is 13.0 Å². The second-order valence-corrected chi connectivity index (χ2v) is 3.70. The van der Waals surface area contributed by atoms with Gasteiger partial charge in [-0.2, -0.15) is 0 Å². The van der Waals surface area contributed by atoms with E-state index in [1.807, 2.05) is 22.9 Å². The van der Waals surface area contributed by atoms with Crippen molar-refractivity contribution in [3.63, 3.8) is 0 Å². The van der Waals surface area contributed by atoms with Crippen LogP contribution < -0.4 is 5.73 Å². The summed E-state index contributed by atoms with van der Waals surface area (Å²) in [7, 11) is 0. The predicted octanol–water partition coefficient (Wildman–Crippen LogP) is 1.60. The molecule has 2 aromatic rings. The number of hydrogen-bond acceptors (Lipinski definition) is 3. The van der Waals surface area contributed by atoms with Gasteiger partial charge in [-0.25, -0.2) is 9.67 Å². The minimum absolute atomic E-state index is 0.381. The van der Waals surface area contributed by atoms with E-state index in [1.54, 1.807) is 0 Å². The van der Waals surface area contributed by atoms with Gasteiger partial charge in [0.25, 0.3) is 0 Å². The van der Waals surface area contributed by atoms with Crippen LogP contribution in [0.15, 0.2) is 24.3 Å². The molecule has 0 aliphatic rings. The highest BCUT2D eigenvalue weighted by Gasteiger charge is 2.10. The van der Waals surface area contributed by atoms with Crippen LogP contribution in [0, 0.1) is 6.92 Å². The Hall–Kier alpha value is -1.68. The summed E-state index contributed by atoms with van der Waals surface area (Å²) in [6.07, 6.45) is 0.849. The molecule has 1 aromatic heterocycles. The number of hydrogen-bond donors (Lipinski definition) is 1. The second kappa shape index (κ2) is 4.45. The molecule has 0 atom stereocenters. The number of nitrogens with two attached hydrogens (primary N) is 1. The van der Waals surface area contributed by atoms with Gasteiger partial charge in [-0.3, -0.25) is 0 Å². The zero-order chi connectivity index (χ0) is 11.5. The molecule has 0 saturated carbocycles. The maximum Gasteiger partial charge on any atom is 0.164 e. The highest BCUT2D eigenvalue weighted by molar-refractivity contribution is 5.39. The molecule has 0 amide bonds. The van der Waals surface area contributed by atoms with E-state index in [1.165, 1.54) is 5.56 Å². The van der Waals surface area contributed by atoms with Crippen LogP contribution in [0.25, 0.3) is 5.69 Å². The molecule has 0 aliphatic carbocycles. The Bertz CT molecular complexity index is 488. The summed E-state index contributed by atoms with van der Waals surface area (Å²) < 4.78 is 1.89. The maximum absolute atomic E-state index is 5.56. The number of rotatable bonds is 3. The van der Waals surface area contributed by atoms with Gasteiger partial charge >= 0.3 is 0 Å². The van der Waals surface area contributed by atoms with E-state index in [9.17, 15) is 0 Å². The van der Waals surface area contributed by atoms with Gasteiger partial charge < -0.3 is 5.73 Å². The lowest BCUT2D eigenvalue weighted by Gasteiger charge is -2.07. The van der Waals surface area contributed by atoms with Crippen LogP contribution >= 0.6 is 0 Å². The normalized spacial score (nSPS) is 10.7. The predicted molar refractivity (Wildman–Crippen MR) is 63.4 cm³/mol. The SMILES string of the molecule is CCc1nc(CN)nn1-c1ccccc1C. The fourth-order valence-electron chi connectivity index (χ4n) is 1.70. The van der Waals surface area contributed by atoms with E-state index >= 15 is 0 Å². The lowest BCUT2D eigenvalue weighted by atomic mass is 10.2. The molecular weight excluding hydrogens is 200 g/mol. The van der Waals surface area contributed by atoms with Crippen molar-refractivity contribution in [2.24, 2.45) is 5.73 Å². The van der Waals surface area contributed by atoms with Crippen LogP contribution in [0.1, 0.15) is 24.1 Å². The standard InChI is InChI=1S/C12H16N4/c1-3-12-14-11(8-13)15-16(12)10-7-5-4-6-9(10)2/h4-7H,3,8,13H2,1-2H3. The Morgan fingerprint density at radius 2 is 2.06 bits per heavy atom. The van der Waals surface area contributed by atoms with Crippen LogP contribution in [0.5, 0.6) is 0 Å². The molecule has 0 unspecified atom stereocenters. The molecule has 84 valence electrons. The topological polar surface area (TPSA) is 56.7 Å². The number of para-hydroxylation sites is 1. The van der Waals surface area contributed by atoms with Crippen LogP contribution in [0.2, 0.25) is 0 Å².